The maximum absolute atomic E-state index is 12.9. The molecular formula is C17H29N3OS. The molecule has 2 rings (SSSR count). The zero-order valence-electron chi connectivity index (χ0n) is 14.0. The molecule has 124 valence electrons. The van der Waals surface area contributed by atoms with Gasteiger partial charge in [-0.3, -0.25) is 4.79 Å². The summed E-state index contributed by atoms with van der Waals surface area (Å²) in [5.74, 6) is 0.941. The second-order valence-corrected chi connectivity index (χ2v) is 7.11. The summed E-state index contributed by atoms with van der Waals surface area (Å²) in [6.07, 6.45) is 0. The van der Waals surface area contributed by atoms with E-state index in [2.05, 4.69) is 53.4 Å². The van der Waals surface area contributed by atoms with E-state index in [9.17, 15) is 4.79 Å². The Hall–Kier alpha value is -0.910. The molecule has 1 atom stereocenters. The van der Waals surface area contributed by atoms with E-state index in [1.54, 1.807) is 11.3 Å². The molecule has 0 aliphatic carbocycles. The van der Waals surface area contributed by atoms with E-state index >= 15 is 0 Å². The first-order valence-electron chi connectivity index (χ1n) is 8.39. The molecule has 1 saturated heterocycles. The molecule has 0 bridgehead atoms. The van der Waals surface area contributed by atoms with E-state index in [-0.39, 0.29) is 5.92 Å². The Morgan fingerprint density at radius 2 is 2.09 bits per heavy atom. The van der Waals surface area contributed by atoms with Gasteiger partial charge in [0.25, 0.3) is 0 Å². The van der Waals surface area contributed by atoms with Crippen LogP contribution < -0.4 is 5.32 Å². The van der Waals surface area contributed by atoms with Crippen LogP contribution in [0.25, 0.3) is 0 Å². The monoisotopic (exact) mass is 323 g/mol. The van der Waals surface area contributed by atoms with Crippen LogP contribution in [0.1, 0.15) is 25.6 Å². The third-order valence-corrected chi connectivity index (χ3v) is 5.59. The third kappa shape index (κ3) is 4.54. The van der Waals surface area contributed by atoms with Gasteiger partial charge in [-0.15, -0.1) is 11.3 Å². The second kappa shape index (κ2) is 8.65. The van der Waals surface area contributed by atoms with E-state index in [0.29, 0.717) is 11.8 Å². The van der Waals surface area contributed by atoms with Crippen LogP contribution in [0, 0.1) is 11.8 Å². The van der Waals surface area contributed by atoms with Crippen LogP contribution in [0.4, 0.5) is 0 Å². The molecule has 1 fully saturated rings. The highest BCUT2D eigenvalue weighted by atomic mass is 32.1. The van der Waals surface area contributed by atoms with Crippen LogP contribution >= 0.6 is 11.3 Å². The number of nitrogens with one attached hydrogen (secondary N) is 1. The average molecular weight is 324 g/mol. The molecule has 1 aliphatic rings. The van der Waals surface area contributed by atoms with Gasteiger partial charge in [0.2, 0.25) is 5.91 Å². The van der Waals surface area contributed by atoms with Crippen molar-refractivity contribution in [2.45, 2.75) is 27.3 Å². The summed E-state index contributed by atoms with van der Waals surface area (Å²) >= 11 is 1.73. The maximum atomic E-state index is 12.9. The molecule has 1 aliphatic heterocycles. The highest BCUT2D eigenvalue weighted by molar-refractivity contribution is 7.09. The predicted octanol–water partition coefficient (Wildman–Crippen LogP) is 2.27. The first-order chi connectivity index (χ1) is 10.7. The molecule has 1 N–H and O–H groups in total. The van der Waals surface area contributed by atoms with Crippen molar-refractivity contribution in [3.63, 3.8) is 0 Å². The number of hydrogen-bond acceptors (Lipinski definition) is 4. The van der Waals surface area contributed by atoms with Gasteiger partial charge in [-0.25, -0.2) is 0 Å². The van der Waals surface area contributed by atoms with Crippen LogP contribution in [0.5, 0.6) is 0 Å². The third-order valence-electron chi connectivity index (χ3n) is 4.73. The maximum Gasteiger partial charge on any atom is 0.226 e. The molecule has 22 heavy (non-hydrogen) atoms. The zero-order chi connectivity index (χ0) is 15.9. The molecule has 0 spiro atoms. The molecule has 0 radical (unpaired) electrons. The Morgan fingerprint density at radius 3 is 2.59 bits per heavy atom. The molecule has 0 aromatic carbocycles. The Labute approximate surface area is 138 Å². The summed E-state index contributed by atoms with van der Waals surface area (Å²) in [4.78, 5) is 18.6. The van der Waals surface area contributed by atoms with Crippen molar-refractivity contribution in [2.75, 3.05) is 39.3 Å². The Kier molecular flexibility index (Phi) is 6.86. The van der Waals surface area contributed by atoms with Crippen molar-refractivity contribution in [1.82, 2.24) is 15.1 Å². The largest absolute Gasteiger partial charge is 0.336 e. The summed E-state index contributed by atoms with van der Waals surface area (Å²) in [6, 6.07) is 4.18. The van der Waals surface area contributed by atoms with Gasteiger partial charge in [-0.05, 0) is 43.5 Å². The average Bonchev–Trinajstić information content (AvgIpc) is 2.97. The Morgan fingerprint density at radius 1 is 1.36 bits per heavy atom. The van der Waals surface area contributed by atoms with Gasteiger partial charge >= 0.3 is 0 Å². The Balaban J connectivity index is 1.97. The van der Waals surface area contributed by atoms with Crippen LogP contribution in [-0.2, 0) is 11.3 Å². The molecule has 5 heteroatoms. The van der Waals surface area contributed by atoms with Gasteiger partial charge in [0.15, 0.2) is 0 Å². The van der Waals surface area contributed by atoms with E-state index < -0.39 is 0 Å². The van der Waals surface area contributed by atoms with Crippen molar-refractivity contribution in [3.8, 4) is 0 Å². The minimum atomic E-state index is 0.123. The standard InChI is InChI=1S/C17H29N3OS/c1-4-19(5-2)8-9-20(13-16-7-6-10-22-16)17(21)14(3)15-11-18-12-15/h6-7,10,14-15,18H,4-5,8-9,11-13H2,1-3H3. The number of carbonyl (C=O) groups is 1. The van der Waals surface area contributed by atoms with E-state index in [0.717, 1.165) is 45.8 Å². The molecule has 0 saturated carbocycles. The molecular weight excluding hydrogens is 294 g/mol. The lowest BCUT2D eigenvalue weighted by Crippen LogP contribution is -2.51. The number of rotatable bonds is 9. The van der Waals surface area contributed by atoms with E-state index in [4.69, 9.17) is 0 Å². The van der Waals surface area contributed by atoms with Crippen molar-refractivity contribution in [3.05, 3.63) is 22.4 Å². The van der Waals surface area contributed by atoms with Crippen molar-refractivity contribution >= 4 is 17.2 Å². The van der Waals surface area contributed by atoms with Crippen LogP contribution in [0.2, 0.25) is 0 Å². The van der Waals surface area contributed by atoms with Gasteiger partial charge < -0.3 is 15.1 Å². The van der Waals surface area contributed by atoms with Crippen LogP contribution in [0.15, 0.2) is 17.5 Å². The van der Waals surface area contributed by atoms with E-state index in [1.165, 1.54) is 4.88 Å². The quantitative estimate of drug-likeness (QED) is 0.757. The van der Waals surface area contributed by atoms with Crippen molar-refractivity contribution < 1.29 is 4.79 Å². The van der Waals surface area contributed by atoms with Gasteiger partial charge in [0, 0.05) is 23.9 Å². The number of likely N-dealkylation sites (N-methyl/N-ethyl adjacent to an activating group) is 1. The molecule has 1 unspecified atom stereocenters. The lowest BCUT2D eigenvalue weighted by Gasteiger charge is -2.35. The lowest BCUT2D eigenvalue weighted by atomic mass is 9.88. The summed E-state index contributed by atoms with van der Waals surface area (Å²) in [5, 5.41) is 5.36. The number of thiophene rings is 1. The highest BCUT2D eigenvalue weighted by Crippen LogP contribution is 2.21. The van der Waals surface area contributed by atoms with Crippen molar-refractivity contribution in [2.24, 2.45) is 11.8 Å². The summed E-state index contributed by atoms with van der Waals surface area (Å²) in [7, 11) is 0. The topological polar surface area (TPSA) is 35.6 Å². The highest BCUT2D eigenvalue weighted by Gasteiger charge is 2.31. The fourth-order valence-electron chi connectivity index (χ4n) is 2.81. The van der Waals surface area contributed by atoms with Crippen LogP contribution in [-0.4, -0.2) is 55.0 Å². The van der Waals surface area contributed by atoms with Gasteiger partial charge in [0.05, 0.1) is 6.54 Å². The summed E-state index contributed by atoms with van der Waals surface area (Å²) in [5.41, 5.74) is 0. The molecule has 1 amide bonds. The van der Waals surface area contributed by atoms with Gasteiger partial charge in [-0.1, -0.05) is 26.8 Å². The Bertz CT molecular complexity index is 441. The van der Waals surface area contributed by atoms with Crippen LogP contribution in [0.3, 0.4) is 0 Å². The molecule has 1 aromatic rings. The first kappa shape index (κ1) is 17.4. The lowest BCUT2D eigenvalue weighted by molar-refractivity contribution is -0.138. The fourth-order valence-corrected chi connectivity index (χ4v) is 3.53. The smallest absolute Gasteiger partial charge is 0.226 e. The SMILES string of the molecule is CCN(CC)CCN(Cc1cccs1)C(=O)C(C)C1CNC1. The van der Waals surface area contributed by atoms with Gasteiger partial charge in [0.1, 0.15) is 0 Å². The predicted molar refractivity (Wildman–Crippen MR) is 93.0 cm³/mol. The number of hydrogen-bond donors (Lipinski definition) is 1. The molecule has 4 nitrogen and oxygen atoms in total. The normalized spacial score (nSPS) is 16.5. The number of amides is 1. The second-order valence-electron chi connectivity index (χ2n) is 6.07. The zero-order valence-corrected chi connectivity index (χ0v) is 14.9. The fraction of sp³-hybridized carbons (Fsp3) is 0.706. The molecule has 1 aromatic heterocycles. The number of nitrogens with zero attached hydrogens (tertiary/aromatic N) is 2. The first-order valence-corrected chi connectivity index (χ1v) is 9.27. The minimum absolute atomic E-state index is 0.123. The summed E-state index contributed by atoms with van der Waals surface area (Å²) in [6.45, 7) is 13.0. The minimum Gasteiger partial charge on any atom is -0.336 e. The summed E-state index contributed by atoms with van der Waals surface area (Å²) < 4.78 is 0. The molecule has 2 heterocycles. The number of carbonyl (C=O) groups excluding carboxylic acids is 1. The van der Waals surface area contributed by atoms with E-state index in [1.807, 2.05) is 0 Å². The van der Waals surface area contributed by atoms with Crippen molar-refractivity contribution in [1.29, 1.82) is 0 Å². The van der Waals surface area contributed by atoms with Gasteiger partial charge in [-0.2, -0.15) is 0 Å².